The van der Waals surface area contributed by atoms with Crippen molar-refractivity contribution in [3.05, 3.63) is 131 Å². The second-order valence-corrected chi connectivity index (χ2v) is 10.5. The fraction of sp³-hybridized carbons (Fsp3) is 0.200. The zero-order chi connectivity index (χ0) is 28.5. The van der Waals surface area contributed by atoms with Gasteiger partial charge in [-0.05, 0) is 66.8 Å². The lowest BCUT2D eigenvalue weighted by atomic mass is 9.78. The van der Waals surface area contributed by atoms with Gasteiger partial charge in [0.05, 0.1) is 31.6 Å². The Balaban J connectivity index is 1.53. The number of methoxy groups -OCH3 is 2. The van der Waals surface area contributed by atoms with Gasteiger partial charge in [-0.15, -0.1) is 0 Å². The Kier molecular flexibility index (Phi) is 7.06. The third-order valence-corrected chi connectivity index (χ3v) is 8.00. The molecule has 6 rings (SSSR count). The van der Waals surface area contributed by atoms with Crippen LogP contribution >= 0.6 is 0 Å². The molecule has 6 nitrogen and oxygen atoms in total. The monoisotopic (exact) mass is 544 g/mol. The first kappa shape index (κ1) is 26.4. The number of nitrogens with one attached hydrogen (secondary N) is 1. The van der Waals surface area contributed by atoms with Crippen LogP contribution in [0.2, 0.25) is 0 Å². The number of anilines is 2. The van der Waals surface area contributed by atoms with Gasteiger partial charge in [0, 0.05) is 23.3 Å². The lowest BCUT2D eigenvalue weighted by Crippen LogP contribution is -2.38. The Morgan fingerprint density at radius 1 is 0.805 bits per heavy atom. The van der Waals surface area contributed by atoms with Gasteiger partial charge >= 0.3 is 0 Å². The van der Waals surface area contributed by atoms with E-state index in [1.165, 1.54) is 0 Å². The van der Waals surface area contributed by atoms with Crippen LogP contribution in [-0.4, -0.2) is 25.9 Å². The molecular weight excluding hydrogens is 512 g/mol. The minimum Gasteiger partial charge on any atom is -0.493 e. The number of hydrogen-bond acceptors (Lipinski definition) is 5. The number of fused-ring (bicyclic) bond motifs is 1. The average Bonchev–Trinajstić information content (AvgIpc) is 3.16. The average molecular weight is 545 g/mol. The molecule has 0 saturated carbocycles. The smallest absolute Gasteiger partial charge is 0.259 e. The number of carbonyl (C=O) groups is 2. The van der Waals surface area contributed by atoms with E-state index in [0.717, 1.165) is 33.8 Å². The third kappa shape index (κ3) is 4.86. The van der Waals surface area contributed by atoms with Gasteiger partial charge in [0.25, 0.3) is 5.91 Å². The van der Waals surface area contributed by atoms with Crippen molar-refractivity contribution in [3.8, 4) is 11.5 Å². The number of allylic oxidation sites excluding steroid dienone is 1. The van der Waals surface area contributed by atoms with Crippen LogP contribution < -0.4 is 19.7 Å². The molecule has 0 saturated heterocycles. The summed E-state index contributed by atoms with van der Waals surface area (Å²) in [6.45, 7) is 2.03. The number of aryl methyl sites for hydroxylation is 1. The number of carbonyl (C=O) groups excluding carboxylic acids is 2. The molecule has 1 heterocycles. The molecule has 4 aromatic carbocycles. The predicted molar refractivity (Wildman–Crippen MR) is 161 cm³/mol. The van der Waals surface area contributed by atoms with Crippen molar-refractivity contribution in [1.82, 2.24) is 0 Å². The standard InChI is InChI=1S/C35H32N2O4/c1-22-13-15-23(16-14-22)34-33-28(19-26(20-30(33)38)25-17-18-31(40-2)32(21-25)41-3)36-27-11-7-8-12-29(27)37(34)35(39)24-9-5-4-6-10-24/h4-18,21,26,34,36H,19-20H2,1-3H3/t26-,34-/m0/s1. The van der Waals surface area contributed by atoms with E-state index in [1.807, 2.05) is 104 Å². The Bertz CT molecular complexity index is 1640. The van der Waals surface area contributed by atoms with Crippen molar-refractivity contribution in [2.24, 2.45) is 0 Å². The Hall–Kier alpha value is -4.84. The number of nitrogens with zero attached hydrogens (tertiary/aromatic N) is 1. The Labute approximate surface area is 240 Å². The van der Waals surface area contributed by atoms with Gasteiger partial charge in [0.15, 0.2) is 17.3 Å². The summed E-state index contributed by atoms with van der Waals surface area (Å²) in [7, 11) is 3.22. The molecule has 0 unspecified atom stereocenters. The second kappa shape index (κ2) is 11.0. The van der Waals surface area contributed by atoms with Crippen LogP contribution in [0.1, 0.15) is 51.8 Å². The van der Waals surface area contributed by atoms with Crippen molar-refractivity contribution < 1.29 is 19.1 Å². The first-order valence-electron chi connectivity index (χ1n) is 13.8. The van der Waals surface area contributed by atoms with E-state index in [-0.39, 0.29) is 17.6 Å². The molecule has 2 aliphatic rings. The quantitative estimate of drug-likeness (QED) is 0.287. The summed E-state index contributed by atoms with van der Waals surface area (Å²) in [5, 5.41) is 3.60. The van der Waals surface area contributed by atoms with Crippen molar-refractivity contribution in [3.63, 3.8) is 0 Å². The summed E-state index contributed by atoms with van der Waals surface area (Å²) in [4.78, 5) is 30.4. The van der Waals surface area contributed by atoms with Crippen LogP contribution in [0.25, 0.3) is 0 Å². The summed E-state index contributed by atoms with van der Waals surface area (Å²) in [5.41, 5.74) is 6.56. The summed E-state index contributed by atoms with van der Waals surface area (Å²) in [5.74, 6) is 1.08. The Morgan fingerprint density at radius 3 is 2.22 bits per heavy atom. The van der Waals surface area contributed by atoms with E-state index in [9.17, 15) is 9.59 Å². The summed E-state index contributed by atoms with van der Waals surface area (Å²) in [6, 6.07) is 30.4. The van der Waals surface area contributed by atoms with Gasteiger partial charge in [0.2, 0.25) is 0 Å². The van der Waals surface area contributed by atoms with Crippen LogP contribution in [0.5, 0.6) is 11.5 Å². The van der Waals surface area contributed by atoms with Crippen LogP contribution in [0.3, 0.4) is 0 Å². The van der Waals surface area contributed by atoms with E-state index < -0.39 is 6.04 Å². The second-order valence-electron chi connectivity index (χ2n) is 10.5. The van der Waals surface area contributed by atoms with Crippen LogP contribution in [-0.2, 0) is 4.79 Å². The summed E-state index contributed by atoms with van der Waals surface area (Å²) >= 11 is 0. The molecule has 1 amide bonds. The number of ether oxygens (including phenoxy) is 2. The fourth-order valence-electron chi connectivity index (χ4n) is 5.94. The van der Waals surface area contributed by atoms with E-state index in [0.29, 0.717) is 35.5 Å². The van der Waals surface area contributed by atoms with Crippen LogP contribution in [0.15, 0.2) is 108 Å². The number of Topliss-reactive ketones (excluding diaryl/α,β-unsaturated/α-hetero) is 1. The highest BCUT2D eigenvalue weighted by atomic mass is 16.5. The predicted octanol–water partition coefficient (Wildman–Crippen LogP) is 7.23. The van der Waals surface area contributed by atoms with Crippen molar-refractivity contribution in [1.29, 1.82) is 0 Å². The number of benzene rings is 4. The zero-order valence-electron chi connectivity index (χ0n) is 23.4. The molecular formula is C35H32N2O4. The van der Waals surface area contributed by atoms with Gasteiger partial charge in [-0.3, -0.25) is 14.5 Å². The molecule has 1 aliphatic heterocycles. The van der Waals surface area contributed by atoms with Gasteiger partial charge in [0.1, 0.15) is 0 Å². The summed E-state index contributed by atoms with van der Waals surface area (Å²) < 4.78 is 11.0. The molecule has 0 fully saturated rings. The normalized spacial score (nSPS) is 18.1. The molecule has 206 valence electrons. The lowest BCUT2D eigenvalue weighted by molar-refractivity contribution is -0.116. The molecule has 1 N–H and O–H groups in total. The molecule has 0 bridgehead atoms. The largest absolute Gasteiger partial charge is 0.493 e. The van der Waals surface area contributed by atoms with Gasteiger partial charge in [-0.2, -0.15) is 0 Å². The number of ketones is 1. The highest BCUT2D eigenvalue weighted by Crippen LogP contribution is 2.48. The molecule has 41 heavy (non-hydrogen) atoms. The number of amides is 1. The highest BCUT2D eigenvalue weighted by Gasteiger charge is 2.42. The molecule has 1 aliphatic carbocycles. The molecule has 2 atom stereocenters. The minimum absolute atomic E-state index is 0.0165. The maximum Gasteiger partial charge on any atom is 0.259 e. The van der Waals surface area contributed by atoms with Crippen molar-refractivity contribution in [2.45, 2.75) is 31.7 Å². The lowest BCUT2D eigenvalue weighted by Gasteiger charge is -2.35. The van der Waals surface area contributed by atoms with Crippen molar-refractivity contribution >= 4 is 23.1 Å². The van der Waals surface area contributed by atoms with Gasteiger partial charge in [-0.1, -0.05) is 66.2 Å². The first-order chi connectivity index (χ1) is 20.0. The molecule has 0 spiro atoms. The maximum atomic E-state index is 14.3. The van der Waals surface area contributed by atoms with E-state index in [4.69, 9.17) is 9.47 Å². The number of para-hydroxylation sites is 2. The minimum atomic E-state index is -0.590. The molecule has 0 aromatic heterocycles. The van der Waals surface area contributed by atoms with E-state index >= 15 is 0 Å². The molecule has 6 heteroatoms. The third-order valence-electron chi connectivity index (χ3n) is 8.00. The van der Waals surface area contributed by atoms with Gasteiger partial charge < -0.3 is 14.8 Å². The topological polar surface area (TPSA) is 67.9 Å². The Morgan fingerprint density at radius 2 is 1.49 bits per heavy atom. The first-order valence-corrected chi connectivity index (χ1v) is 13.8. The fourth-order valence-corrected chi connectivity index (χ4v) is 5.94. The van der Waals surface area contributed by atoms with Crippen LogP contribution in [0, 0.1) is 6.92 Å². The van der Waals surface area contributed by atoms with Gasteiger partial charge in [-0.25, -0.2) is 0 Å². The number of hydrogen-bond donors (Lipinski definition) is 1. The van der Waals surface area contributed by atoms with E-state index in [1.54, 1.807) is 19.1 Å². The van der Waals surface area contributed by atoms with Crippen molar-refractivity contribution in [2.75, 3.05) is 24.4 Å². The summed E-state index contributed by atoms with van der Waals surface area (Å²) in [6.07, 6.45) is 0.933. The molecule has 4 aromatic rings. The zero-order valence-corrected chi connectivity index (χ0v) is 23.4. The molecule has 0 radical (unpaired) electrons. The maximum absolute atomic E-state index is 14.3. The van der Waals surface area contributed by atoms with E-state index in [2.05, 4.69) is 5.32 Å². The highest BCUT2D eigenvalue weighted by molar-refractivity contribution is 6.12. The van der Waals surface area contributed by atoms with Crippen LogP contribution in [0.4, 0.5) is 11.4 Å². The number of rotatable bonds is 5. The SMILES string of the molecule is COc1ccc([C@@H]2CC(=O)C3=C(C2)Nc2ccccc2N(C(=O)c2ccccc2)[C@H]3c2ccc(C)cc2)cc1OC.